The third kappa shape index (κ3) is 5.18. The number of carbonyl (C=O) groups excluding carboxylic acids is 2. The quantitative estimate of drug-likeness (QED) is 0.593. The van der Waals surface area contributed by atoms with Crippen LogP contribution in [0.2, 0.25) is 0 Å². The van der Waals surface area contributed by atoms with Gasteiger partial charge in [0.25, 0.3) is 0 Å². The van der Waals surface area contributed by atoms with Gasteiger partial charge in [0.2, 0.25) is 15.9 Å². The van der Waals surface area contributed by atoms with Gasteiger partial charge >= 0.3 is 5.97 Å². The van der Waals surface area contributed by atoms with E-state index in [2.05, 4.69) is 5.32 Å². The number of halogens is 1. The van der Waals surface area contributed by atoms with E-state index in [4.69, 9.17) is 4.74 Å². The molecule has 1 heterocycles. The number of anilines is 1. The Labute approximate surface area is 168 Å². The first-order valence-corrected chi connectivity index (χ1v) is 10.5. The van der Waals surface area contributed by atoms with Gasteiger partial charge in [0.1, 0.15) is 11.6 Å². The molecule has 7 nitrogen and oxygen atoms in total. The van der Waals surface area contributed by atoms with E-state index in [-0.39, 0.29) is 23.9 Å². The first-order chi connectivity index (χ1) is 13.8. The third-order valence-corrected chi connectivity index (χ3v) is 6.44. The first-order valence-electron chi connectivity index (χ1n) is 9.11. The number of nitrogens with zero attached hydrogens (tertiary/aromatic N) is 1. The zero-order chi connectivity index (χ0) is 21.0. The van der Waals surface area contributed by atoms with Gasteiger partial charge in [-0.3, -0.25) is 9.59 Å². The average Bonchev–Trinajstić information content (AvgIpc) is 2.69. The van der Waals surface area contributed by atoms with E-state index in [9.17, 15) is 22.4 Å². The van der Waals surface area contributed by atoms with Crippen molar-refractivity contribution < 1.29 is 27.1 Å². The minimum atomic E-state index is -3.82. The second-order valence-electron chi connectivity index (χ2n) is 6.78. The number of ether oxygens (including phenoxy) is 1. The van der Waals surface area contributed by atoms with Crippen molar-refractivity contribution in [2.45, 2.75) is 24.7 Å². The van der Waals surface area contributed by atoms with Crippen LogP contribution in [0, 0.1) is 11.7 Å². The van der Waals surface area contributed by atoms with Crippen LogP contribution in [0.15, 0.2) is 53.4 Å². The topological polar surface area (TPSA) is 92.8 Å². The molecule has 2 aromatic carbocycles. The van der Waals surface area contributed by atoms with E-state index in [1.165, 1.54) is 23.4 Å². The Balaban J connectivity index is 1.66. The lowest BCUT2D eigenvalue weighted by Gasteiger charge is -2.30. The second-order valence-corrected chi connectivity index (χ2v) is 8.72. The summed E-state index contributed by atoms with van der Waals surface area (Å²) in [4.78, 5) is 23.6. The number of sulfonamides is 1. The van der Waals surface area contributed by atoms with Crippen LogP contribution in [0.4, 0.5) is 10.1 Å². The summed E-state index contributed by atoms with van der Waals surface area (Å²) >= 11 is 0. The van der Waals surface area contributed by atoms with Crippen molar-refractivity contribution >= 4 is 27.6 Å². The van der Waals surface area contributed by atoms with Crippen LogP contribution < -0.4 is 10.1 Å². The second kappa shape index (κ2) is 8.71. The molecule has 1 aliphatic rings. The number of amides is 1. The lowest BCUT2D eigenvalue weighted by atomic mass is 10.00. The Bertz CT molecular complexity index is 991. The molecule has 0 saturated carbocycles. The molecule has 0 aliphatic carbocycles. The predicted octanol–water partition coefficient (Wildman–Crippen LogP) is 2.79. The molecule has 154 valence electrons. The van der Waals surface area contributed by atoms with E-state index < -0.39 is 27.7 Å². The lowest BCUT2D eigenvalue weighted by Crippen LogP contribution is -2.43. The Morgan fingerprint density at radius 2 is 1.76 bits per heavy atom. The van der Waals surface area contributed by atoms with Crippen LogP contribution in [-0.4, -0.2) is 37.7 Å². The Kier molecular flexibility index (Phi) is 6.29. The van der Waals surface area contributed by atoms with Crippen LogP contribution in [0.25, 0.3) is 0 Å². The molecule has 9 heteroatoms. The van der Waals surface area contributed by atoms with E-state index in [1.807, 2.05) is 0 Å². The van der Waals surface area contributed by atoms with Gasteiger partial charge in [0.05, 0.1) is 10.8 Å². The van der Waals surface area contributed by atoms with Crippen molar-refractivity contribution in [2.75, 3.05) is 18.4 Å². The summed E-state index contributed by atoms with van der Waals surface area (Å²) in [6.45, 7) is 1.68. The van der Waals surface area contributed by atoms with Gasteiger partial charge in [-0.2, -0.15) is 4.31 Å². The summed E-state index contributed by atoms with van der Waals surface area (Å²) < 4.78 is 45.2. The average molecular weight is 420 g/mol. The highest BCUT2D eigenvalue weighted by Crippen LogP contribution is 2.26. The molecule has 0 bridgehead atoms. The number of hydrogen-bond acceptors (Lipinski definition) is 5. The Morgan fingerprint density at radius 3 is 2.38 bits per heavy atom. The molecular formula is C20H21FN2O5S. The minimum Gasteiger partial charge on any atom is -0.426 e. The number of nitrogens with one attached hydrogen (secondary N) is 1. The molecule has 2 aromatic rings. The zero-order valence-corrected chi connectivity index (χ0v) is 16.6. The molecule has 1 aliphatic heterocycles. The minimum absolute atomic E-state index is 0.00250. The van der Waals surface area contributed by atoms with Crippen molar-refractivity contribution in [3.8, 4) is 5.75 Å². The highest BCUT2D eigenvalue weighted by atomic mass is 32.2. The summed E-state index contributed by atoms with van der Waals surface area (Å²) in [6, 6.07) is 10.9. The maximum absolute atomic E-state index is 13.1. The molecule has 0 aromatic heterocycles. The molecule has 29 heavy (non-hydrogen) atoms. The van der Waals surface area contributed by atoms with E-state index in [0.717, 1.165) is 12.1 Å². The van der Waals surface area contributed by atoms with Crippen LogP contribution >= 0.6 is 0 Å². The molecule has 1 N–H and O–H groups in total. The number of hydrogen-bond donors (Lipinski definition) is 1. The summed E-state index contributed by atoms with van der Waals surface area (Å²) in [6.07, 6.45) is 1.03. The van der Waals surface area contributed by atoms with Gasteiger partial charge in [-0.25, -0.2) is 12.8 Å². The normalized spacial score (nSPS) is 17.5. The summed E-state index contributed by atoms with van der Waals surface area (Å²) in [7, 11) is -3.82. The van der Waals surface area contributed by atoms with Crippen LogP contribution in [0.1, 0.15) is 19.8 Å². The van der Waals surface area contributed by atoms with Gasteiger partial charge in [-0.15, -0.1) is 0 Å². The summed E-state index contributed by atoms with van der Waals surface area (Å²) in [5, 5.41) is 2.61. The summed E-state index contributed by atoms with van der Waals surface area (Å²) in [5.41, 5.74) is 0.575. The van der Waals surface area contributed by atoms with Crippen molar-refractivity contribution in [3.05, 3.63) is 54.3 Å². The first kappa shape index (κ1) is 20.9. The van der Waals surface area contributed by atoms with Gasteiger partial charge in [-0.05, 0) is 61.4 Å². The van der Waals surface area contributed by atoms with E-state index in [0.29, 0.717) is 24.3 Å². The fourth-order valence-electron chi connectivity index (χ4n) is 3.12. The number of benzene rings is 2. The summed E-state index contributed by atoms with van der Waals surface area (Å²) in [5.74, 6) is -1.54. The maximum atomic E-state index is 13.1. The number of piperidine rings is 1. The number of carbonyl (C=O) groups is 2. The molecule has 1 fully saturated rings. The largest absolute Gasteiger partial charge is 0.426 e. The van der Waals surface area contributed by atoms with Crippen LogP contribution in [-0.2, 0) is 19.6 Å². The lowest BCUT2D eigenvalue weighted by molar-refractivity contribution is -0.140. The molecule has 0 unspecified atom stereocenters. The predicted molar refractivity (Wildman–Crippen MR) is 104 cm³/mol. The standard InChI is InChI=1S/C20H21FN2O5S/c1-14(24)22-17-6-8-18(9-7-17)28-20(25)15-3-2-12-23(13-15)29(26,27)19-10-4-16(21)5-11-19/h4-11,15H,2-3,12-13H2,1H3,(H,22,24)/t15-/m0/s1. The zero-order valence-electron chi connectivity index (χ0n) is 15.8. The van der Waals surface area contributed by atoms with Gasteiger partial charge < -0.3 is 10.1 Å². The Morgan fingerprint density at radius 1 is 1.10 bits per heavy atom. The van der Waals surface area contributed by atoms with Crippen LogP contribution in [0.3, 0.4) is 0 Å². The van der Waals surface area contributed by atoms with E-state index in [1.54, 1.807) is 24.3 Å². The van der Waals surface area contributed by atoms with Crippen LogP contribution in [0.5, 0.6) is 5.75 Å². The van der Waals surface area contributed by atoms with Crippen molar-refractivity contribution in [1.82, 2.24) is 4.31 Å². The molecule has 3 rings (SSSR count). The highest BCUT2D eigenvalue weighted by molar-refractivity contribution is 7.89. The third-order valence-electron chi connectivity index (χ3n) is 4.56. The maximum Gasteiger partial charge on any atom is 0.315 e. The van der Waals surface area contributed by atoms with E-state index >= 15 is 0 Å². The fraction of sp³-hybridized carbons (Fsp3) is 0.300. The SMILES string of the molecule is CC(=O)Nc1ccc(OC(=O)[C@H]2CCCN(S(=O)(=O)c3ccc(F)cc3)C2)cc1. The highest BCUT2D eigenvalue weighted by Gasteiger charge is 2.34. The molecule has 1 atom stereocenters. The van der Waals surface area contributed by atoms with Gasteiger partial charge in [0.15, 0.2) is 0 Å². The Hall–Kier alpha value is -2.78. The monoisotopic (exact) mass is 420 g/mol. The number of rotatable bonds is 5. The smallest absolute Gasteiger partial charge is 0.315 e. The molecule has 0 radical (unpaired) electrons. The van der Waals surface area contributed by atoms with Crippen molar-refractivity contribution in [3.63, 3.8) is 0 Å². The van der Waals surface area contributed by atoms with Crippen molar-refractivity contribution in [2.24, 2.45) is 5.92 Å². The van der Waals surface area contributed by atoms with Gasteiger partial charge in [-0.1, -0.05) is 0 Å². The molecular weight excluding hydrogens is 399 g/mol. The molecule has 1 amide bonds. The molecule has 1 saturated heterocycles. The molecule has 0 spiro atoms. The fourth-order valence-corrected chi connectivity index (χ4v) is 4.64. The van der Waals surface area contributed by atoms with Gasteiger partial charge in [0, 0.05) is 25.7 Å². The number of esters is 1. The van der Waals surface area contributed by atoms with Crippen molar-refractivity contribution in [1.29, 1.82) is 0 Å².